The molecule has 0 bridgehead atoms. The van der Waals surface area contributed by atoms with Crippen LogP contribution in [0.5, 0.6) is 0 Å². The van der Waals surface area contributed by atoms with Crippen LogP contribution in [0.2, 0.25) is 0 Å². The quantitative estimate of drug-likeness (QED) is 0.498. The Bertz CT molecular complexity index is 176. The summed E-state index contributed by atoms with van der Waals surface area (Å²) in [5.41, 5.74) is 0. The molecule has 0 aromatic rings. The van der Waals surface area contributed by atoms with Gasteiger partial charge in [0, 0.05) is 6.04 Å². The first-order valence-corrected chi connectivity index (χ1v) is 8.27. The van der Waals surface area contributed by atoms with Crippen molar-refractivity contribution in [1.29, 1.82) is 0 Å². The molecule has 2 heteroatoms. The van der Waals surface area contributed by atoms with Crippen LogP contribution in [0.4, 0.5) is 0 Å². The molecule has 1 aliphatic carbocycles. The molecule has 0 saturated heterocycles. The second kappa shape index (κ2) is 10.8. The van der Waals surface area contributed by atoms with Crippen molar-refractivity contribution >= 4 is 0 Å². The Labute approximate surface area is 114 Å². The molecule has 0 radical (unpaired) electrons. The van der Waals surface area contributed by atoms with Crippen LogP contribution >= 0.6 is 0 Å². The van der Waals surface area contributed by atoms with Crippen LogP contribution in [0.1, 0.15) is 90.4 Å². The van der Waals surface area contributed by atoms with Gasteiger partial charge in [-0.15, -0.1) is 0 Å². The van der Waals surface area contributed by atoms with Gasteiger partial charge in [0.2, 0.25) is 0 Å². The Hall–Kier alpha value is -0.0800. The second-order valence-electron chi connectivity index (χ2n) is 5.93. The summed E-state index contributed by atoms with van der Waals surface area (Å²) in [5, 5.41) is 13.4. The van der Waals surface area contributed by atoms with E-state index in [9.17, 15) is 5.11 Å². The largest absolute Gasteiger partial charge is 0.379 e. The summed E-state index contributed by atoms with van der Waals surface area (Å²) in [4.78, 5) is 0. The topological polar surface area (TPSA) is 32.3 Å². The van der Waals surface area contributed by atoms with Gasteiger partial charge in [-0.05, 0) is 25.7 Å². The van der Waals surface area contributed by atoms with Crippen LogP contribution < -0.4 is 5.32 Å². The summed E-state index contributed by atoms with van der Waals surface area (Å²) in [6.07, 6.45) is 16.4. The van der Waals surface area contributed by atoms with Crippen molar-refractivity contribution in [2.45, 2.75) is 103 Å². The predicted octanol–water partition coefficient (Wildman–Crippen LogP) is 4.37. The van der Waals surface area contributed by atoms with Crippen LogP contribution in [0.15, 0.2) is 0 Å². The summed E-state index contributed by atoms with van der Waals surface area (Å²) < 4.78 is 0. The molecule has 0 amide bonds. The first-order valence-electron chi connectivity index (χ1n) is 8.27. The molecule has 1 atom stereocenters. The number of aliphatic hydroxyl groups is 1. The molecular formula is C16H33NO. The van der Waals surface area contributed by atoms with Gasteiger partial charge >= 0.3 is 0 Å². The SMILES string of the molecule is CCCCCCCC(O)NC1CCCCCCC1. The third-order valence-electron chi connectivity index (χ3n) is 4.11. The lowest BCUT2D eigenvalue weighted by Crippen LogP contribution is -2.38. The standard InChI is InChI=1S/C16H33NO/c1-2-3-4-6-11-14-16(18)17-15-12-9-7-5-8-10-13-15/h15-18H,2-14H2,1H3. The fourth-order valence-corrected chi connectivity index (χ4v) is 2.92. The molecule has 1 aliphatic rings. The maximum absolute atomic E-state index is 10.0. The van der Waals surface area contributed by atoms with Crippen molar-refractivity contribution in [3.05, 3.63) is 0 Å². The monoisotopic (exact) mass is 255 g/mol. The van der Waals surface area contributed by atoms with E-state index in [4.69, 9.17) is 0 Å². The molecule has 0 heterocycles. The van der Waals surface area contributed by atoms with Crippen molar-refractivity contribution in [1.82, 2.24) is 5.32 Å². The molecule has 1 saturated carbocycles. The van der Waals surface area contributed by atoms with E-state index in [0.29, 0.717) is 6.04 Å². The number of hydrogen-bond donors (Lipinski definition) is 2. The zero-order chi connectivity index (χ0) is 13.1. The fourth-order valence-electron chi connectivity index (χ4n) is 2.92. The van der Waals surface area contributed by atoms with Gasteiger partial charge in [-0.2, -0.15) is 0 Å². The Morgan fingerprint density at radius 1 is 0.944 bits per heavy atom. The van der Waals surface area contributed by atoms with Gasteiger partial charge in [0.25, 0.3) is 0 Å². The van der Waals surface area contributed by atoms with Gasteiger partial charge in [-0.1, -0.05) is 64.7 Å². The molecule has 1 rings (SSSR count). The van der Waals surface area contributed by atoms with Crippen molar-refractivity contribution in [3.63, 3.8) is 0 Å². The van der Waals surface area contributed by atoms with Crippen LogP contribution in [-0.4, -0.2) is 17.4 Å². The smallest absolute Gasteiger partial charge is 0.105 e. The summed E-state index contributed by atoms with van der Waals surface area (Å²) in [5.74, 6) is 0. The molecule has 2 nitrogen and oxygen atoms in total. The minimum absolute atomic E-state index is 0.268. The highest BCUT2D eigenvalue weighted by Crippen LogP contribution is 2.18. The molecule has 1 fully saturated rings. The lowest BCUT2D eigenvalue weighted by Gasteiger charge is -2.24. The molecular weight excluding hydrogens is 222 g/mol. The summed E-state index contributed by atoms with van der Waals surface area (Å²) in [6, 6.07) is 0.566. The number of hydrogen-bond acceptors (Lipinski definition) is 2. The molecule has 108 valence electrons. The molecule has 0 aliphatic heterocycles. The van der Waals surface area contributed by atoms with E-state index in [2.05, 4.69) is 12.2 Å². The van der Waals surface area contributed by atoms with Crippen LogP contribution in [0, 0.1) is 0 Å². The lowest BCUT2D eigenvalue weighted by molar-refractivity contribution is 0.104. The normalized spacial score (nSPS) is 20.3. The molecule has 1 unspecified atom stereocenters. The van der Waals surface area contributed by atoms with Crippen LogP contribution in [0.25, 0.3) is 0 Å². The highest BCUT2D eigenvalue weighted by Gasteiger charge is 2.14. The summed E-state index contributed by atoms with van der Waals surface area (Å²) in [6.45, 7) is 2.24. The third-order valence-corrected chi connectivity index (χ3v) is 4.11. The average Bonchev–Trinajstić information content (AvgIpc) is 2.32. The minimum Gasteiger partial charge on any atom is -0.379 e. The fraction of sp³-hybridized carbons (Fsp3) is 1.00. The summed E-state index contributed by atoms with van der Waals surface area (Å²) in [7, 11) is 0. The maximum Gasteiger partial charge on any atom is 0.105 e. The number of nitrogens with one attached hydrogen (secondary N) is 1. The van der Waals surface area contributed by atoms with E-state index >= 15 is 0 Å². The van der Waals surface area contributed by atoms with Crippen molar-refractivity contribution in [2.24, 2.45) is 0 Å². The number of aliphatic hydroxyl groups excluding tert-OH is 1. The Balaban J connectivity index is 2.04. The van der Waals surface area contributed by atoms with Gasteiger partial charge in [-0.3, -0.25) is 5.32 Å². The van der Waals surface area contributed by atoms with Crippen LogP contribution in [-0.2, 0) is 0 Å². The molecule has 18 heavy (non-hydrogen) atoms. The lowest BCUT2D eigenvalue weighted by atomic mass is 9.96. The van der Waals surface area contributed by atoms with Crippen molar-refractivity contribution < 1.29 is 5.11 Å². The number of rotatable bonds is 8. The summed E-state index contributed by atoms with van der Waals surface area (Å²) >= 11 is 0. The maximum atomic E-state index is 10.0. The Morgan fingerprint density at radius 3 is 2.22 bits per heavy atom. The van der Waals surface area contributed by atoms with E-state index in [1.807, 2.05) is 0 Å². The van der Waals surface area contributed by atoms with E-state index < -0.39 is 0 Å². The first-order chi connectivity index (χ1) is 8.83. The van der Waals surface area contributed by atoms with Gasteiger partial charge in [0.1, 0.15) is 6.23 Å². The van der Waals surface area contributed by atoms with E-state index in [0.717, 1.165) is 6.42 Å². The average molecular weight is 255 g/mol. The first kappa shape index (κ1) is 16.0. The van der Waals surface area contributed by atoms with Gasteiger partial charge in [0.05, 0.1) is 0 Å². The van der Waals surface area contributed by atoms with Gasteiger partial charge in [0.15, 0.2) is 0 Å². The Kier molecular flexibility index (Phi) is 9.59. The minimum atomic E-state index is -0.268. The van der Waals surface area contributed by atoms with Gasteiger partial charge in [-0.25, -0.2) is 0 Å². The second-order valence-corrected chi connectivity index (χ2v) is 5.93. The zero-order valence-corrected chi connectivity index (χ0v) is 12.3. The van der Waals surface area contributed by atoms with E-state index in [1.54, 1.807) is 0 Å². The van der Waals surface area contributed by atoms with E-state index in [1.165, 1.54) is 77.0 Å². The molecule has 0 spiro atoms. The zero-order valence-electron chi connectivity index (χ0n) is 12.3. The Morgan fingerprint density at radius 2 is 1.56 bits per heavy atom. The van der Waals surface area contributed by atoms with Crippen LogP contribution in [0.3, 0.4) is 0 Å². The molecule has 0 aromatic heterocycles. The van der Waals surface area contributed by atoms with Crippen molar-refractivity contribution in [2.75, 3.05) is 0 Å². The van der Waals surface area contributed by atoms with Crippen molar-refractivity contribution in [3.8, 4) is 0 Å². The third kappa shape index (κ3) is 8.10. The van der Waals surface area contributed by atoms with Gasteiger partial charge < -0.3 is 5.11 Å². The molecule has 0 aromatic carbocycles. The van der Waals surface area contributed by atoms with E-state index in [-0.39, 0.29) is 6.23 Å². The predicted molar refractivity (Wildman–Crippen MR) is 78.6 cm³/mol. The highest BCUT2D eigenvalue weighted by molar-refractivity contribution is 4.71. The number of unbranched alkanes of at least 4 members (excludes halogenated alkanes) is 4. The molecule has 2 N–H and O–H groups in total. The highest BCUT2D eigenvalue weighted by atomic mass is 16.3.